The Hall–Kier alpha value is -3.58. The second kappa shape index (κ2) is 7.22. The highest BCUT2D eigenvalue weighted by Gasteiger charge is 2.29. The lowest BCUT2D eigenvalue weighted by molar-refractivity contribution is 0.421. The van der Waals surface area contributed by atoms with E-state index in [0.29, 0.717) is 11.7 Å². The van der Waals surface area contributed by atoms with E-state index in [4.69, 9.17) is 15.7 Å². The lowest BCUT2D eigenvalue weighted by Crippen LogP contribution is -2.27. The minimum Gasteiger partial charge on any atom is -0.354 e. The summed E-state index contributed by atoms with van der Waals surface area (Å²) in [4.78, 5) is 25.2. The van der Waals surface area contributed by atoms with Gasteiger partial charge in [-0.05, 0) is 42.9 Å². The number of anilines is 1. The molecular formula is C26H25N7. The summed E-state index contributed by atoms with van der Waals surface area (Å²) in [5.41, 5.74) is 11.4. The van der Waals surface area contributed by atoms with Gasteiger partial charge in [0.05, 0.1) is 11.7 Å². The topological polar surface area (TPSA) is 96.6 Å². The fourth-order valence-corrected chi connectivity index (χ4v) is 5.40. The predicted octanol–water partition coefficient (Wildman–Crippen LogP) is 4.53. The Morgan fingerprint density at radius 1 is 1.00 bits per heavy atom. The molecule has 33 heavy (non-hydrogen) atoms. The van der Waals surface area contributed by atoms with Crippen LogP contribution in [0.15, 0.2) is 48.9 Å². The van der Waals surface area contributed by atoms with Crippen LogP contribution in [-0.4, -0.2) is 44.1 Å². The molecule has 2 fully saturated rings. The van der Waals surface area contributed by atoms with Gasteiger partial charge in [0.2, 0.25) is 0 Å². The van der Waals surface area contributed by atoms with Gasteiger partial charge in [-0.15, -0.1) is 0 Å². The minimum absolute atomic E-state index is 0.175. The summed E-state index contributed by atoms with van der Waals surface area (Å²) in [6, 6.07) is 10.5. The van der Waals surface area contributed by atoms with Crippen molar-refractivity contribution in [3.63, 3.8) is 0 Å². The molecule has 7 heteroatoms. The maximum Gasteiger partial charge on any atom is 0.163 e. The maximum atomic E-state index is 6.30. The number of nitrogens with zero attached hydrogens (tertiary/aromatic N) is 5. The summed E-state index contributed by atoms with van der Waals surface area (Å²) in [5.74, 6) is 2.26. The van der Waals surface area contributed by atoms with Gasteiger partial charge in [0.25, 0.3) is 0 Å². The highest BCUT2D eigenvalue weighted by atomic mass is 15.2. The van der Waals surface area contributed by atoms with E-state index in [-0.39, 0.29) is 6.04 Å². The second-order valence-electron chi connectivity index (χ2n) is 9.37. The van der Waals surface area contributed by atoms with E-state index in [2.05, 4.69) is 38.1 Å². The molecule has 1 aromatic carbocycles. The zero-order chi connectivity index (χ0) is 21.9. The molecule has 164 valence electrons. The van der Waals surface area contributed by atoms with Crippen LogP contribution in [-0.2, 0) is 0 Å². The molecule has 1 atom stereocenters. The molecule has 1 saturated heterocycles. The van der Waals surface area contributed by atoms with Crippen LogP contribution >= 0.6 is 0 Å². The first-order valence-corrected chi connectivity index (χ1v) is 11.8. The van der Waals surface area contributed by atoms with Crippen LogP contribution in [0, 0.1) is 0 Å². The zero-order valence-electron chi connectivity index (χ0n) is 18.3. The molecule has 5 aromatic rings. The summed E-state index contributed by atoms with van der Waals surface area (Å²) >= 11 is 0. The third-order valence-electron chi connectivity index (χ3n) is 7.33. The van der Waals surface area contributed by atoms with E-state index >= 15 is 0 Å². The van der Waals surface area contributed by atoms with Crippen molar-refractivity contribution in [2.24, 2.45) is 5.73 Å². The van der Waals surface area contributed by atoms with Crippen molar-refractivity contribution in [3.8, 4) is 11.4 Å². The molecule has 7 rings (SSSR count). The largest absolute Gasteiger partial charge is 0.354 e. The van der Waals surface area contributed by atoms with Gasteiger partial charge in [0, 0.05) is 58.8 Å². The summed E-state index contributed by atoms with van der Waals surface area (Å²) in [6.45, 7) is 1.73. The zero-order valence-corrected chi connectivity index (χ0v) is 18.3. The monoisotopic (exact) mass is 435 g/mol. The van der Waals surface area contributed by atoms with Gasteiger partial charge in [0.15, 0.2) is 5.82 Å². The summed E-state index contributed by atoms with van der Waals surface area (Å²) in [5, 5.41) is 3.33. The Kier molecular flexibility index (Phi) is 4.14. The van der Waals surface area contributed by atoms with Gasteiger partial charge in [0.1, 0.15) is 11.5 Å². The standard InChI is InChI=1S/C26H25N7/c27-16-9-11-33(14-16)26-23-19(15-4-3-5-15)12-28-13-21(23)31-24(32-26)18-8-10-29-25-22(18)17-6-1-2-7-20(17)30-25/h1-2,6-8,10,12-13,15-16H,3-5,9,11,14,27H2,(H,29,30). The van der Waals surface area contributed by atoms with Gasteiger partial charge in [-0.25, -0.2) is 15.0 Å². The number of aromatic nitrogens is 5. The van der Waals surface area contributed by atoms with Crippen molar-refractivity contribution in [1.82, 2.24) is 24.9 Å². The molecule has 1 unspecified atom stereocenters. The van der Waals surface area contributed by atoms with Gasteiger partial charge >= 0.3 is 0 Å². The Morgan fingerprint density at radius 3 is 2.73 bits per heavy atom. The smallest absolute Gasteiger partial charge is 0.163 e. The molecule has 7 nitrogen and oxygen atoms in total. The molecule has 1 aliphatic carbocycles. The lowest BCUT2D eigenvalue weighted by atomic mass is 9.79. The van der Waals surface area contributed by atoms with Crippen LogP contribution in [0.3, 0.4) is 0 Å². The summed E-state index contributed by atoms with van der Waals surface area (Å²) in [6.07, 6.45) is 10.4. The number of benzene rings is 1. The predicted molar refractivity (Wildman–Crippen MR) is 131 cm³/mol. The number of nitrogens with two attached hydrogens (primary N) is 1. The number of rotatable bonds is 3. The summed E-state index contributed by atoms with van der Waals surface area (Å²) < 4.78 is 0. The van der Waals surface area contributed by atoms with Crippen LogP contribution in [0.4, 0.5) is 5.82 Å². The molecule has 0 radical (unpaired) electrons. The Labute approximate surface area is 191 Å². The van der Waals surface area contributed by atoms with E-state index < -0.39 is 0 Å². The first-order chi connectivity index (χ1) is 16.3. The third kappa shape index (κ3) is 2.92. The Balaban J connectivity index is 1.51. The molecule has 1 aliphatic heterocycles. The first-order valence-electron chi connectivity index (χ1n) is 11.8. The van der Waals surface area contributed by atoms with Crippen LogP contribution < -0.4 is 10.6 Å². The minimum atomic E-state index is 0.175. The number of hydrogen-bond donors (Lipinski definition) is 2. The van der Waals surface area contributed by atoms with Crippen molar-refractivity contribution in [1.29, 1.82) is 0 Å². The molecular weight excluding hydrogens is 410 g/mol. The van der Waals surface area contributed by atoms with Crippen LogP contribution in [0.5, 0.6) is 0 Å². The van der Waals surface area contributed by atoms with Crippen LogP contribution in [0.1, 0.15) is 37.2 Å². The van der Waals surface area contributed by atoms with Crippen molar-refractivity contribution in [2.45, 2.75) is 37.6 Å². The van der Waals surface area contributed by atoms with Gasteiger partial charge in [-0.2, -0.15) is 0 Å². The number of nitrogens with one attached hydrogen (secondary N) is 1. The number of H-pyrrole nitrogens is 1. The first kappa shape index (κ1) is 18.9. The second-order valence-corrected chi connectivity index (χ2v) is 9.37. The SMILES string of the molecule is NC1CCN(c2nc(-c3ccnc4[nH]c5ccccc5c34)nc3cncc(C4CCC4)c23)C1. The van der Waals surface area contributed by atoms with Crippen LogP contribution in [0.2, 0.25) is 0 Å². The molecule has 1 saturated carbocycles. The Morgan fingerprint density at radius 2 is 1.91 bits per heavy atom. The molecule has 0 amide bonds. The van der Waals surface area contributed by atoms with E-state index in [9.17, 15) is 0 Å². The van der Waals surface area contributed by atoms with E-state index in [1.807, 2.05) is 30.7 Å². The summed E-state index contributed by atoms with van der Waals surface area (Å²) in [7, 11) is 0. The normalized spacial score (nSPS) is 19.1. The quantitative estimate of drug-likeness (QED) is 0.432. The lowest BCUT2D eigenvalue weighted by Gasteiger charge is -2.28. The fraction of sp³-hybridized carbons (Fsp3) is 0.308. The average Bonchev–Trinajstić information content (AvgIpc) is 3.40. The number of hydrogen-bond acceptors (Lipinski definition) is 6. The molecule has 3 N–H and O–H groups in total. The van der Waals surface area contributed by atoms with Crippen molar-refractivity contribution < 1.29 is 0 Å². The maximum absolute atomic E-state index is 6.30. The van der Waals surface area contributed by atoms with Crippen molar-refractivity contribution in [3.05, 3.63) is 54.5 Å². The molecule has 0 spiro atoms. The van der Waals surface area contributed by atoms with Gasteiger partial charge < -0.3 is 15.6 Å². The number of pyridine rings is 2. The van der Waals surface area contributed by atoms with Crippen molar-refractivity contribution >= 4 is 38.7 Å². The Bertz CT molecular complexity index is 1520. The van der Waals surface area contributed by atoms with Gasteiger partial charge in [-0.3, -0.25) is 4.98 Å². The number of fused-ring (bicyclic) bond motifs is 4. The number of aromatic amines is 1. The average molecular weight is 436 g/mol. The van der Waals surface area contributed by atoms with E-state index in [1.165, 1.54) is 24.8 Å². The molecule has 4 aromatic heterocycles. The van der Waals surface area contributed by atoms with E-state index in [0.717, 1.165) is 63.7 Å². The molecule has 0 bridgehead atoms. The van der Waals surface area contributed by atoms with E-state index in [1.54, 1.807) is 0 Å². The van der Waals surface area contributed by atoms with Crippen molar-refractivity contribution in [2.75, 3.05) is 18.0 Å². The number of para-hydroxylation sites is 1. The highest BCUT2D eigenvalue weighted by molar-refractivity contribution is 6.12. The highest BCUT2D eigenvalue weighted by Crippen LogP contribution is 2.43. The van der Waals surface area contributed by atoms with Crippen LogP contribution in [0.25, 0.3) is 44.2 Å². The third-order valence-corrected chi connectivity index (χ3v) is 7.33. The van der Waals surface area contributed by atoms with Gasteiger partial charge in [-0.1, -0.05) is 24.6 Å². The fourth-order valence-electron chi connectivity index (χ4n) is 5.40. The molecule has 2 aliphatic rings. The molecule has 5 heterocycles.